The molecule has 30 heavy (non-hydrogen) atoms. The molecule has 1 aromatic carbocycles. The van der Waals surface area contributed by atoms with Crippen LogP contribution in [-0.2, 0) is 30.7 Å². The van der Waals surface area contributed by atoms with Gasteiger partial charge in [-0.1, -0.05) is 19.8 Å². The zero-order valence-electron chi connectivity index (χ0n) is 15.7. The fraction of sp³-hybridized carbons (Fsp3) is 0.579. The zero-order chi connectivity index (χ0) is 22.5. The van der Waals surface area contributed by atoms with Crippen molar-refractivity contribution in [1.82, 2.24) is 0 Å². The third-order valence-electron chi connectivity index (χ3n) is 5.47. The number of hydrogen-bond donors (Lipinski definition) is 0. The van der Waals surface area contributed by atoms with E-state index in [0.29, 0.717) is 12.8 Å². The molecule has 0 unspecified atom stereocenters. The molecule has 1 aromatic rings. The molecule has 0 amide bonds. The van der Waals surface area contributed by atoms with Crippen LogP contribution in [0.5, 0.6) is 0 Å². The molecule has 1 heterocycles. The molecule has 1 aliphatic carbocycles. The van der Waals surface area contributed by atoms with Gasteiger partial charge in [-0.2, -0.15) is 13.2 Å². The Kier molecular flexibility index (Phi) is 5.53. The molecular weight excluding hydrogens is 425 g/mol. The van der Waals surface area contributed by atoms with E-state index in [2.05, 4.69) is 0 Å². The molecule has 0 radical (unpaired) electrons. The molecule has 0 atom stereocenters. The van der Waals surface area contributed by atoms with Crippen molar-refractivity contribution in [2.24, 2.45) is 0 Å². The van der Waals surface area contributed by atoms with Gasteiger partial charge >= 0.3 is 18.1 Å². The number of hydrogen-bond acceptors (Lipinski definition) is 4. The molecule has 0 bridgehead atoms. The number of ether oxygens (including phenoxy) is 2. The third-order valence-corrected chi connectivity index (χ3v) is 5.47. The van der Waals surface area contributed by atoms with E-state index in [4.69, 9.17) is 9.47 Å². The van der Waals surface area contributed by atoms with E-state index in [1.807, 2.05) is 0 Å². The minimum absolute atomic E-state index is 0.111. The van der Waals surface area contributed by atoms with Gasteiger partial charge in [0, 0.05) is 12.8 Å². The average molecular weight is 442 g/mol. The Bertz CT molecular complexity index is 839. The summed E-state index contributed by atoms with van der Waals surface area (Å²) >= 11 is 0. The van der Waals surface area contributed by atoms with Gasteiger partial charge in [-0.05, 0) is 19.3 Å². The van der Waals surface area contributed by atoms with E-state index in [1.165, 1.54) is 6.92 Å². The van der Waals surface area contributed by atoms with Crippen LogP contribution < -0.4 is 0 Å². The molecule has 1 saturated carbocycles. The maximum atomic E-state index is 14.7. The van der Waals surface area contributed by atoms with Gasteiger partial charge in [0.05, 0.1) is 5.56 Å². The predicted octanol–water partition coefficient (Wildman–Crippen LogP) is 5.06. The summed E-state index contributed by atoms with van der Waals surface area (Å²) in [5, 5.41) is 0. The highest BCUT2D eigenvalue weighted by Crippen LogP contribution is 2.48. The highest BCUT2D eigenvalue weighted by atomic mass is 19.4. The molecule has 2 fully saturated rings. The molecule has 2 aliphatic rings. The van der Waals surface area contributed by atoms with Crippen molar-refractivity contribution in [3.05, 3.63) is 34.4 Å². The molecule has 4 nitrogen and oxygen atoms in total. The van der Waals surface area contributed by atoms with Crippen molar-refractivity contribution < 1.29 is 49.8 Å². The summed E-state index contributed by atoms with van der Waals surface area (Å²) in [7, 11) is 0. The van der Waals surface area contributed by atoms with Crippen LogP contribution in [0.4, 0.5) is 30.7 Å². The van der Waals surface area contributed by atoms with Crippen molar-refractivity contribution >= 4 is 11.9 Å². The van der Waals surface area contributed by atoms with Crippen LogP contribution in [0.3, 0.4) is 0 Å². The van der Waals surface area contributed by atoms with Crippen LogP contribution in [0.15, 0.2) is 0 Å². The Morgan fingerprint density at radius 3 is 1.70 bits per heavy atom. The Labute approximate surface area is 166 Å². The van der Waals surface area contributed by atoms with Crippen LogP contribution >= 0.6 is 0 Å². The molecule has 166 valence electrons. The number of esters is 2. The minimum Gasteiger partial charge on any atom is -0.421 e. The summed E-state index contributed by atoms with van der Waals surface area (Å²) < 4.78 is 107. The monoisotopic (exact) mass is 442 g/mol. The molecule has 1 spiro atoms. The maximum absolute atomic E-state index is 14.7. The van der Waals surface area contributed by atoms with E-state index >= 15 is 0 Å². The lowest BCUT2D eigenvalue weighted by molar-refractivity contribution is -0.264. The predicted molar refractivity (Wildman–Crippen MR) is 85.9 cm³/mol. The SMILES string of the molecule is CCCC1(c2c(F)c(F)c(C(F)(F)F)c(F)c2F)C(=O)OC2(CCCCC2)OC1=O. The minimum atomic E-state index is -5.76. The molecule has 0 aromatic heterocycles. The van der Waals surface area contributed by atoms with E-state index < -0.39 is 70.1 Å². The summed E-state index contributed by atoms with van der Waals surface area (Å²) in [6.07, 6.45) is -4.53. The normalized spacial score (nSPS) is 20.8. The highest BCUT2D eigenvalue weighted by Gasteiger charge is 2.62. The van der Waals surface area contributed by atoms with Gasteiger partial charge < -0.3 is 9.47 Å². The molecule has 1 aliphatic heterocycles. The van der Waals surface area contributed by atoms with E-state index in [0.717, 1.165) is 6.42 Å². The van der Waals surface area contributed by atoms with Gasteiger partial charge in [-0.15, -0.1) is 0 Å². The summed E-state index contributed by atoms with van der Waals surface area (Å²) in [6.45, 7) is 1.39. The lowest BCUT2D eigenvalue weighted by Crippen LogP contribution is -2.59. The third kappa shape index (κ3) is 3.22. The van der Waals surface area contributed by atoms with Crippen molar-refractivity contribution in [1.29, 1.82) is 0 Å². The Morgan fingerprint density at radius 2 is 1.30 bits per heavy atom. The van der Waals surface area contributed by atoms with Crippen LogP contribution in [0.1, 0.15) is 63.0 Å². The lowest BCUT2D eigenvalue weighted by atomic mass is 9.74. The first-order valence-electron chi connectivity index (χ1n) is 9.32. The molecular formula is C19H17F7O4. The van der Waals surface area contributed by atoms with Gasteiger partial charge in [-0.25, -0.2) is 17.6 Å². The van der Waals surface area contributed by atoms with Crippen LogP contribution in [0.25, 0.3) is 0 Å². The molecule has 3 rings (SSSR count). The van der Waals surface area contributed by atoms with Crippen LogP contribution in [-0.4, -0.2) is 17.7 Å². The first-order valence-corrected chi connectivity index (χ1v) is 9.32. The fourth-order valence-corrected chi connectivity index (χ4v) is 4.07. The summed E-state index contributed by atoms with van der Waals surface area (Å²) in [5.74, 6) is -15.2. The number of benzene rings is 1. The first kappa shape index (κ1) is 22.4. The Hall–Kier alpha value is -2.33. The van der Waals surface area contributed by atoms with Crippen molar-refractivity contribution in [2.75, 3.05) is 0 Å². The van der Waals surface area contributed by atoms with E-state index in [-0.39, 0.29) is 19.3 Å². The van der Waals surface area contributed by atoms with Gasteiger partial charge in [-0.3, -0.25) is 9.59 Å². The lowest BCUT2D eigenvalue weighted by Gasteiger charge is -2.45. The number of rotatable bonds is 3. The fourth-order valence-electron chi connectivity index (χ4n) is 4.07. The second-order valence-corrected chi connectivity index (χ2v) is 7.41. The average Bonchev–Trinajstić information content (AvgIpc) is 2.64. The Balaban J connectivity index is 2.23. The summed E-state index contributed by atoms with van der Waals surface area (Å²) in [4.78, 5) is 25.8. The van der Waals surface area contributed by atoms with Crippen LogP contribution in [0.2, 0.25) is 0 Å². The first-order chi connectivity index (χ1) is 13.9. The maximum Gasteiger partial charge on any atom is 0.422 e. The highest BCUT2D eigenvalue weighted by molar-refractivity contribution is 6.08. The van der Waals surface area contributed by atoms with Crippen molar-refractivity contribution in [2.45, 2.75) is 69.2 Å². The van der Waals surface area contributed by atoms with Gasteiger partial charge in [0.1, 0.15) is 5.56 Å². The topological polar surface area (TPSA) is 52.6 Å². The van der Waals surface area contributed by atoms with E-state index in [9.17, 15) is 40.3 Å². The largest absolute Gasteiger partial charge is 0.422 e. The number of alkyl halides is 3. The number of carbonyl (C=O) groups excluding carboxylic acids is 2. The van der Waals surface area contributed by atoms with Crippen LogP contribution in [0, 0.1) is 23.3 Å². The quantitative estimate of drug-likeness (QED) is 0.284. The second-order valence-electron chi connectivity index (χ2n) is 7.41. The number of halogens is 7. The standard InChI is InChI=1S/C19H17F7O4/c1-2-6-18(15(27)29-17(30-16(18)28)7-4-3-5-8-17)9-11(20)13(22)10(19(24,25)26)14(23)12(9)21/h2-8H2,1H3. The van der Waals surface area contributed by atoms with Crippen molar-refractivity contribution in [3.8, 4) is 0 Å². The summed E-state index contributed by atoms with van der Waals surface area (Å²) in [5.41, 5.74) is -7.56. The molecule has 1 saturated heterocycles. The summed E-state index contributed by atoms with van der Waals surface area (Å²) in [6, 6.07) is 0. The smallest absolute Gasteiger partial charge is 0.421 e. The zero-order valence-corrected chi connectivity index (χ0v) is 15.7. The van der Waals surface area contributed by atoms with Crippen molar-refractivity contribution in [3.63, 3.8) is 0 Å². The van der Waals surface area contributed by atoms with E-state index in [1.54, 1.807) is 0 Å². The van der Waals surface area contributed by atoms with Gasteiger partial charge in [0.15, 0.2) is 28.7 Å². The molecule has 11 heteroatoms. The van der Waals surface area contributed by atoms with Gasteiger partial charge in [0.2, 0.25) is 0 Å². The van der Waals surface area contributed by atoms with Gasteiger partial charge in [0.25, 0.3) is 5.79 Å². The number of carbonyl (C=O) groups is 2. The second kappa shape index (κ2) is 7.42. The molecule has 0 N–H and O–H groups in total. The Morgan fingerprint density at radius 1 is 0.833 bits per heavy atom.